The molecule has 3 heteroatoms. The molecule has 0 aromatic heterocycles. The number of aliphatic hydroxyl groups is 1. The van der Waals surface area contributed by atoms with Gasteiger partial charge >= 0.3 is 0 Å². The van der Waals surface area contributed by atoms with Crippen molar-refractivity contribution in [3.63, 3.8) is 0 Å². The van der Waals surface area contributed by atoms with Gasteiger partial charge in [0, 0.05) is 10.6 Å². The fourth-order valence-corrected chi connectivity index (χ4v) is 1.93. The molecule has 0 bridgehead atoms. The lowest BCUT2D eigenvalue weighted by molar-refractivity contribution is 0.220. The minimum atomic E-state index is -0.295. The number of hydrogen-bond acceptors (Lipinski definition) is 3. The van der Waals surface area contributed by atoms with Crippen LogP contribution < -0.4 is 0 Å². The van der Waals surface area contributed by atoms with Crippen LogP contribution >= 0.6 is 11.8 Å². The highest BCUT2D eigenvalue weighted by Crippen LogP contribution is 2.21. The molecule has 2 nitrogen and oxygen atoms in total. The van der Waals surface area contributed by atoms with Crippen molar-refractivity contribution in [2.75, 3.05) is 5.75 Å². The molecule has 0 fully saturated rings. The van der Waals surface area contributed by atoms with E-state index in [1.54, 1.807) is 18.7 Å². The van der Waals surface area contributed by atoms with E-state index in [0.29, 0.717) is 11.3 Å². The molecule has 0 aliphatic heterocycles. The fraction of sp³-hybridized carbons (Fsp3) is 0.364. The largest absolute Gasteiger partial charge is 0.393 e. The molecule has 1 rings (SSSR count). The Kier molecular flexibility index (Phi) is 3.99. The summed E-state index contributed by atoms with van der Waals surface area (Å²) in [6.07, 6.45) is -0.295. The molecule has 0 aliphatic carbocycles. The van der Waals surface area contributed by atoms with Gasteiger partial charge in [0.15, 0.2) is 0 Å². The molecule has 1 aromatic rings. The van der Waals surface area contributed by atoms with Crippen molar-refractivity contribution in [1.29, 1.82) is 5.26 Å². The van der Waals surface area contributed by atoms with Gasteiger partial charge in [-0.25, -0.2) is 0 Å². The lowest BCUT2D eigenvalue weighted by atomic mass is 10.1. The van der Waals surface area contributed by atoms with E-state index in [1.807, 2.05) is 25.1 Å². The van der Waals surface area contributed by atoms with Crippen LogP contribution in [0.15, 0.2) is 23.1 Å². The van der Waals surface area contributed by atoms with E-state index in [-0.39, 0.29) is 6.10 Å². The van der Waals surface area contributed by atoms with Gasteiger partial charge in [-0.15, -0.1) is 11.8 Å². The molecule has 0 radical (unpaired) electrons. The van der Waals surface area contributed by atoms with Gasteiger partial charge in [-0.05, 0) is 37.6 Å². The Labute approximate surface area is 88.6 Å². The highest BCUT2D eigenvalue weighted by molar-refractivity contribution is 7.99. The Hall–Kier alpha value is -0.980. The molecule has 0 saturated heterocycles. The number of nitrogens with zero attached hydrogens (tertiary/aromatic N) is 1. The first-order chi connectivity index (χ1) is 6.63. The molecule has 1 atom stereocenters. The summed E-state index contributed by atoms with van der Waals surface area (Å²) in [6, 6.07) is 7.84. The van der Waals surface area contributed by atoms with Crippen LogP contribution in [0.2, 0.25) is 0 Å². The Morgan fingerprint density at radius 2 is 2.29 bits per heavy atom. The molecular weight excluding hydrogens is 194 g/mol. The zero-order valence-corrected chi connectivity index (χ0v) is 9.14. The van der Waals surface area contributed by atoms with Crippen LogP contribution in [0.5, 0.6) is 0 Å². The van der Waals surface area contributed by atoms with Crippen molar-refractivity contribution in [2.45, 2.75) is 24.8 Å². The number of thioether (sulfide) groups is 1. The maximum atomic E-state index is 9.11. The molecular formula is C11H13NOS. The molecule has 74 valence electrons. The Morgan fingerprint density at radius 3 is 2.79 bits per heavy atom. The van der Waals surface area contributed by atoms with Gasteiger partial charge < -0.3 is 5.11 Å². The number of benzene rings is 1. The molecule has 14 heavy (non-hydrogen) atoms. The van der Waals surface area contributed by atoms with E-state index < -0.39 is 0 Å². The first-order valence-electron chi connectivity index (χ1n) is 4.45. The van der Waals surface area contributed by atoms with Crippen LogP contribution in [-0.2, 0) is 0 Å². The second-order valence-corrected chi connectivity index (χ2v) is 4.34. The number of nitriles is 1. The molecule has 0 amide bonds. The zero-order valence-electron chi connectivity index (χ0n) is 8.32. The van der Waals surface area contributed by atoms with E-state index >= 15 is 0 Å². The third-order valence-electron chi connectivity index (χ3n) is 1.81. The number of rotatable bonds is 3. The lowest BCUT2D eigenvalue weighted by Crippen LogP contribution is -2.02. The van der Waals surface area contributed by atoms with Crippen LogP contribution in [0, 0.1) is 18.3 Å². The molecule has 0 heterocycles. The van der Waals surface area contributed by atoms with Gasteiger partial charge in [-0.3, -0.25) is 0 Å². The Bertz CT molecular complexity index is 355. The molecule has 0 spiro atoms. The SMILES string of the molecule is Cc1cc(SCC(C)O)ccc1C#N. The second kappa shape index (κ2) is 5.04. The van der Waals surface area contributed by atoms with Crippen LogP contribution in [0.4, 0.5) is 0 Å². The van der Waals surface area contributed by atoms with Crippen molar-refractivity contribution in [2.24, 2.45) is 0 Å². The highest BCUT2D eigenvalue weighted by Gasteiger charge is 2.01. The average molecular weight is 207 g/mol. The fourth-order valence-electron chi connectivity index (χ4n) is 1.07. The third-order valence-corrected chi connectivity index (χ3v) is 3.05. The van der Waals surface area contributed by atoms with E-state index in [2.05, 4.69) is 6.07 Å². The van der Waals surface area contributed by atoms with E-state index in [1.165, 1.54) is 0 Å². The quantitative estimate of drug-likeness (QED) is 0.774. The first kappa shape index (κ1) is 11.1. The van der Waals surface area contributed by atoms with Gasteiger partial charge in [-0.1, -0.05) is 0 Å². The minimum absolute atomic E-state index is 0.295. The maximum Gasteiger partial charge on any atom is 0.0994 e. The molecule has 1 aromatic carbocycles. The molecule has 0 saturated carbocycles. The Morgan fingerprint density at radius 1 is 1.57 bits per heavy atom. The predicted molar refractivity (Wildman–Crippen MR) is 58.3 cm³/mol. The summed E-state index contributed by atoms with van der Waals surface area (Å²) < 4.78 is 0. The van der Waals surface area contributed by atoms with Gasteiger partial charge in [0.1, 0.15) is 0 Å². The molecule has 0 aliphatic rings. The maximum absolute atomic E-state index is 9.11. The summed E-state index contributed by atoms with van der Waals surface area (Å²) in [5.41, 5.74) is 1.70. The smallest absolute Gasteiger partial charge is 0.0994 e. The van der Waals surface area contributed by atoms with Crippen molar-refractivity contribution in [3.05, 3.63) is 29.3 Å². The lowest BCUT2D eigenvalue weighted by Gasteiger charge is -2.05. The van der Waals surface area contributed by atoms with Gasteiger partial charge in [0.25, 0.3) is 0 Å². The number of hydrogen-bond donors (Lipinski definition) is 1. The van der Waals surface area contributed by atoms with E-state index in [0.717, 1.165) is 10.5 Å². The van der Waals surface area contributed by atoms with E-state index in [4.69, 9.17) is 10.4 Å². The summed E-state index contributed by atoms with van der Waals surface area (Å²) in [5.74, 6) is 0.686. The second-order valence-electron chi connectivity index (χ2n) is 3.25. The zero-order chi connectivity index (χ0) is 10.6. The normalized spacial score (nSPS) is 12.1. The van der Waals surface area contributed by atoms with Crippen molar-refractivity contribution < 1.29 is 5.11 Å². The first-order valence-corrected chi connectivity index (χ1v) is 5.43. The highest BCUT2D eigenvalue weighted by atomic mass is 32.2. The number of aliphatic hydroxyl groups excluding tert-OH is 1. The summed E-state index contributed by atoms with van der Waals surface area (Å²) >= 11 is 1.60. The topological polar surface area (TPSA) is 44.0 Å². The van der Waals surface area contributed by atoms with Gasteiger partial charge in [-0.2, -0.15) is 5.26 Å². The van der Waals surface area contributed by atoms with Crippen LogP contribution in [-0.4, -0.2) is 17.0 Å². The third kappa shape index (κ3) is 3.06. The minimum Gasteiger partial charge on any atom is -0.393 e. The van der Waals surface area contributed by atoms with E-state index in [9.17, 15) is 0 Å². The van der Waals surface area contributed by atoms with Crippen LogP contribution in [0.3, 0.4) is 0 Å². The summed E-state index contributed by atoms with van der Waals surface area (Å²) in [4.78, 5) is 1.10. The summed E-state index contributed by atoms with van der Waals surface area (Å²) in [6.45, 7) is 3.69. The van der Waals surface area contributed by atoms with Crippen LogP contribution in [0.1, 0.15) is 18.1 Å². The standard InChI is InChI=1S/C11H13NOS/c1-8-5-11(14-7-9(2)13)4-3-10(8)6-12/h3-5,9,13H,7H2,1-2H3. The van der Waals surface area contributed by atoms with Crippen molar-refractivity contribution >= 4 is 11.8 Å². The van der Waals surface area contributed by atoms with Gasteiger partial charge in [0.05, 0.1) is 17.7 Å². The van der Waals surface area contributed by atoms with Gasteiger partial charge in [0.2, 0.25) is 0 Å². The Balaban J connectivity index is 2.73. The summed E-state index contributed by atoms with van der Waals surface area (Å²) in [7, 11) is 0. The molecule has 1 N–H and O–H groups in total. The average Bonchev–Trinajstić information content (AvgIpc) is 2.15. The van der Waals surface area contributed by atoms with Crippen molar-refractivity contribution in [3.8, 4) is 6.07 Å². The summed E-state index contributed by atoms with van der Waals surface area (Å²) in [5, 5.41) is 17.8. The van der Waals surface area contributed by atoms with Crippen LogP contribution in [0.25, 0.3) is 0 Å². The number of aryl methyl sites for hydroxylation is 1. The predicted octanol–water partition coefficient (Wildman–Crippen LogP) is 2.34. The molecule has 1 unspecified atom stereocenters. The van der Waals surface area contributed by atoms with Crippen molar-refractivity contribution in [1.82, 2.24) is 0 Å². The monoisotopic (exact) mass is 207 g/mol.